The van der Waals surface area contributed by atoms with Crippen molar-refractivity contribution in [1.29, 1.82) is 0 Å². The summed E-state index contributed by atoms with van der Waals surface area (Å²) < 4.78 is 0. The van der Waals surface area contributed by atoms with Crippen molar-refractivity contribution >= 4 is 53.4 Å². The monoisotopic (exact) mass is 397 g/mol. The molecule has 136 valence electrons. The van der Waals surface area contributed by atoms with Gasteiger partial charge in [0.1, 0.15) is 5.84 Å². The van der Waals surface area contributed by atoms with Crippen molar-refractivity contribution in [2.24, 2.45) is 10.7 Å². The average molecular weight is 398 g/mol. The molecular weight excluding hydrogens is 373 g/mol. The zero-order valence-electron chi connectivity index (χ0n) is 14.2. The molecule has 1 fully saturated rings. The number of hydrogen-bond donors (Lipinski definition) is 1. The number of rotatable bonds is 3. The zero-order chi connectivity index (χ0) is 15.6. The summed E-state index contributed by atoms with van der Waals surface area (Å²) in [5.74, 6) is 0.613. The fourth-order valence-electron chi connectivity index (χ4n) is 3.85. The van der Waals surface area contributed by atoms with Crippen LogP contribution in [0.15, 0.2) is 40.7 Å². The molecule has 0 unspecified atom stereocenters. The first-order valence-corrected chi connectivity index (χ1v) is 9.47. The maximum absolute atomic E-state index is 6.14. The lowest BCUT2D eigenvalue weighted by Gasteiger charge is -2.33. The van der Waals surface area contributed by atoms with Crippen LogP contribution in [-0.4, -0.2) is 18.4 Å². The fraction of sp³-hybridized carbons (Fsp3) is 0.421. The van der Waals surface area contributed by atoms with Crippen LogP contribution in [0.1, 0.15) is 42.5 Å². The van der Waals surface area contributed by atoms with Crippen LogP contribution < -0.4 is 10.6 Å². The van der Waals surface area contributed by atoms with Crippen molar-refractivity contribution in [3.63, 3.8) is 0 Å². The predicted molar refractivity (Wildman–Crippen MR) is 114 cm³/mol. The van der Waals surface area contributed by atoms with Crippen molar-refractivity contribution in [3.05, 3.63) is 46.2 Å². The van der Waals surface area contributed by atoms with Crippen molar-refractivity contribution in [2.75, 3.05) is 11.4 Å². The minimum absolute atomic E-state index is 0. The number of aliphatic imine (C=N–C) groups is 1. The van der Waals surface area contributed by atoms with Gasteiger partial charge in [0.15, 0.2) is 0 Å². The summed E-state index contributed by atoms with van der Waals surface area (Å²) in [7, 11) is 0. The number of amidine groups is 1. The predicted octanol–water partition coefficient (Wildman–Crippen LogP) is 5.32. The topological polar surface area (TPSA) is 41.6 Å². The molecule has 6 heteroatoms. The standard InChI is InChI=1S/C19H23N3S.2ClH/c20-19(18-7-4-12-23-18)21-15-9-8-14-10-11-22(17(14)13-15)16-5-2-1-3-6-16;;/h4,7-9,12-13,16H,1-3,5-6,10-11H2,(H2,20,21);2*1H. The maximum atomic E-state index is 6.14. The van der Waals surface area contributed by atoms with E-state index >= 15 is 0 Å². The first-order valence-electron chi connectivity index (χ1n) is 8.59. The second-order valence-corrected chi connectivity index (χ2v) is 7.47. The van der Waals surface area contributed by atoms with Crippen LogP contribution in [-0.2, 0) is 6.42 Å². The number of fused-ring (bicyclic) bond motifs is 1. The van der Waals surface area contributed by atoms with Gasteiger partial charge in [-0.2, -0.15) is 0 Å². The summed E-state index contributed by atoms with van der Waals surface area (Å²) in [6.45, 7) is 1.16. The Morgan fingerprint density at radius 1 is 1.12 bits per heavy atom. The van der Waals surface area contributed by atoms with Crippen molar-refractivity contribution in [2.45, 2.75) is 44.6 Å². The Bertz CT molecular complexity index is 709. The van der Waals surface area contributed by atoms with E-state index in [-0.39, 0.29) is 24.8 Å². The van der Waals surface area contributed by atoms with Crippen LogP contribution in [0, 0.1) is 0 Å². The van der Waals surface area contributed by atoms with Crippen molar-refractivity contribution in [3.8, 4) is 0 Å². The number of anilines is 1. The quantitative estimate of drug-likeness (QED) is 0.561. The maximum Gasteiger partial charge on any atom is 0.141 e. The highest BCUT2D eigenvalue weighted by molar-refractivity contribution is 7.12. The van der Waals surface area contributed by atoms with Gasteiger partial charge in [0.25, 0.3) is 0 Å². The summed E-state index contributed by atoms with van der Waals surface area (Å²) in [5.41, 5.74) is 9.96. The third kappa shape index (κ3) is 4.30. The molecule has 0 atom stereocenters. The summed E-state index contributed by atoms with van der Waals surface area (Å²) in [6.07, 6.45) is 7.99. The highest BCUT2D eigenvalue weighted by Gasteiger charge is 2.27. The van der Waals surface area contributed by atoms with E-state index in [9.17, 15) is 0 Å². The van der Waals surface area contributed by atoms with Crippen LogP contribution in [0.25, 0.3) is 0 Å². The van der Waals surface area contributed by atoms with Gasteiger partial charge >= 0.3 is 0 Å². The molecule has 1 aromatic heterocycles. The van der Waals surface area contributed by atoms with Crippen LogP contribution >= 0.6 is 36.2 Å². The molecule has 4 rings (SSSR count). The largest absolute Gasteiger partial charge is 0.383 e. The third-order valence-electron chi connectivity index (χ3n) is 5.04. The van der Waals surface area contributed by atoms with Gasteiger partial charge < -0.3 is 10.6 Å². The minimum Gasteiger partial charge on any atom is -0.383 e. The highest BCUT2D eigenvalue weighted by atomic mass is 35.5. The molecule has 2 N–H and O–H groups in total. The highest BCUT2D eigenvalue weighted by Crippen LogP contribution is 2.36. The fourth-order valence-corrected chi connectivity index (χ4v) is 4.48. The molecule has 1 aliphatic carbocycles. The summed E-state index contributed by atoms with van der Waals surface area (Å²) in [4.78, 5) is 8.29. The molecule has 2 heterocycles. The molecule has 1 aromatic carbocycles. The van der Waals surface area contributed by atoms with Crippen LogP contribution in [0.4, 0.5) is 11.4 Å². The summed E-state index contributed by atoms with van der Waals surface area (Å²) in [6, 6.07) is 11.3. The van der Waals surface area contributed by atoms with E-state index < -0.39 is 0 Å². The van der Waals surface area contributed by atoms with E-state index in [1.807, 2.05) is 17.5 Å². The second kappa shape index (κ2) is 8.93. The smallest absolute Gasteiger partial charge is 0.141 e. The van der Waals surface area contributed by atoms with Gasteiger partial charge in [-0.1, -0.05) is 31.4 Å². The molecule has 2 aromatic rings. The average Bonchev–Trinajstić information content (AvgIpc) is 3.25. The van der Waals surface area contributed by atoms with Gasteiger partial charge in [0.2, 0.25) is 0 Å². The summed E-state index contributed by atoms with van der Waals surface area (Å²) >= 11 is 1.63. The molecule has 0 bridgehead atoms. The molecule has 1 aliphatic heterocycles. The zero-order valence-corrected chi connectivity index (χ0v) is 16.6. The molecule has 25 heavy (non-hydrogen) atoms. The lowest BCUT2D eigenvalue weighted by atomic mass is 9.94. The molecule has 0 amide bonds. The number of benzene rings is 1. The van der Waals surface area contributed by atoms with Gasteiger partial charge in [-0.3, -0.25) is 0 Å². The first kappa shape index (κ1) is 20.1. The van der Waals surface area contributed by atoms with Gasteiger partial charge in [0, 0.05) is 18.3 Å². The molecule has 3 nitrogen and oxygen atoms in total. The van der Waals surface area contributed by atoms with Gasteiger partial charge in [-0.25, -0.2) is 4.99 Å². The van der Waals surface area contributed by atoms with Crippen molar-refractivity contribution < 1.29 is 0 Å². The Balaban J connectivity index is 0.00000113. The van der Waals surface area contributed by atoms with E-state index in [2.05, 4.69) is 28.1 Å². The third-order valence-corrected chi connectivity index (χ3v) is 5.93. The van der Waals surface area contributed by atoms with Gasteiger partial charge in [-0.15, -0.1) is 36.2 Å². The van der Waals surface area contributed by atoms with Gasteiger partial charge in [0.05, 0.1) is 10.6 Å². The number of nitrogens with two attached hydrogens (primary N) is 1. The Morgan fingerprint density at radius 3 is 2.64 bits per heavy atom. The first-order chi connectivity index (χ1) is 11.3. The number of hydrogen-bond acceptors (Lipinski definition) is 3. The van der Waals surface area contributed by atoms with E-state index in [0.717, 1.165) is 29.6 Å². The normalized spacial score (nSPS) is 17.6. The minimum atomic E-state index is 0. The Hall–Kier alpha value is -1.23. The van der Waals surface area contributed by atoms with Crippen LogP contribution in [0.5, 0.6) is 0 Å². The van der Waals surface area contributed by atoms with Crippen molar-refractivity contribution in [1.82, 2.24) is 0 Å². The molecule has 2 aliphatic rings. The lowest BCUT2D eigenvalue weighted by molar-refractivity contribution is 0.420. The molecule has 0 saturated heterocycles. The molecule has 1 saturated carbocycles. The van der Waals surface area contributed by atoms with Gasteiger partial charge in [-0.05, 0) is 48.4 Å². The Morgan fingerprint density at radius 2 is 1.92 bits per heavy atom. The van der Waals surface area contributed by atoms with Crippen LogP contribution in [0.2, 0.25) is 0 Å². The molecule has 0 radical (unpaired) electrons. The van der Waals surface area contributed by atoms with E-state index in [0.29, 0.717) is 5.84 Å². The van der Waals surface area contributed by atoms with E-state index in [1.54, 1.807) is 11.3 Å². The molecular formula is C19H25Cl2N3S. The second-order valence-electron chi connectivity index (χ2n) is 6.52. The SMILES string of the molecule is Cl.Cl.NC(=Nc1ccc2c(c1)N(C1CCCCC1)CC2)c1cccs1. The van der Waals surface area contributed by atoms with Crippen LogP contribution in [0.3, 0.4) is 0 Å². The summed E-state index contributed by atoms with van der Waals surface area (Å²) in [5, 5.41) is 2.03. The number of nitrogens with zero attached hydrogens (tertiary/aromatic N) is 2. The lowest BCUT2D eigenvalue weighted by Crippen LogP contribution is -2.35. The number of halogens is 2. The Kier molecular flexibility index (Phi) is 7.17. The van der Waals surface area contributed by atoms with E-state index in [4.69, 9.17) is 5.73 Å². The number of thiophene rings is 1. The van der Waals surface area contributed by atoms with E-state index in [1.165, 1.54) is 43.4 Å². The molecule has 0 spiro atoms. The Labute approximate surface area is 166 Å².